The first-order chi connectivity index (χ1) is 17.8. The Labute approximate surface area is 215 Å². The van der Waals surface area contributed by atoms with Crippen molar-refractivity contribution < 1.29 is 14.2 Å². The molecule has 0 saturated heterocycles. The van der Waals surface area contributed by atoms with Gasteiger partial charge in [-0.25, -0.2) is 0 Å². The van der Waals surface area contributed by atoms with Crippen molar-refractivity contribution in [3.63, 3.8) is 0 Å². The van der Waals surface area contributed by atoms with Crippen LogP contribution in [0.2, 0.25) is 0 Å². The molecule has 5 nitrogen and oxygen atoms in total. The normalized spacial score (nSPS) is 18.1. The van der Waals surface area contributed by atoms with Crippen LogP contribution in [-0.2, 0) is 22.1 Å². The summed E-state index contributed by atoms with van der Waals surface area (Å²) in [6, 6.07) is 25.7. The van der Waals surface area contributed by atoms with Gasteiger partial charge in [-0.2, -0.15) is 9.84 Å². The lowest BCUT2D eigenvalue weighted by Crippen LogP contribution is -2.40. The van der Waals surface area contributed by atoms with E-state index in [9.17, 15) is 14.9 Å². The average molecular weight is 485 g/mol. The van der Waals surface area contributed by atoms with Crippen LogP contribution in [0.1, 0.15) is 36.5 Å². The molecule has 6 rings (SSSR count). The van der Waals surface area contributed by atoms with E-state index in [0.717, 1.165) is 44.7 Å². The number of Topliss-reactive ketones (excluding diaryl/α,β-unsaturated/α-hetero) is 2. The highest BCUT2D eigenvalue weighted by molar-refractivity contribution is 6.44. The molecule has 0 spiro atoms. The standard InChI is InChI=1S/C32H26N3O2/c1-32(2)23-16-19(18-33)14-15-25(23)34(3)26(32)17-22-30(36)28(31(22)37)27-21-12-8-9-13-24(21)35(4)29(27)20-10-6-5-7-11-20/h5-17,28H,1-4H3/q+1. The summed E-state index contributed by atoms with van der Waals surface area (Å²) in [4.78, 5) is 27.4. The first kappa shape index (κ1) is 22.9. The summed E-state index contributed by atoms with van der Waals surface area (Å²) in [5.41, 5.74) is 6.88. The molecule has 0 atom stereocenters. The lowest BCUT2D eigenvalue weighted by molar-refractivity contribution is -0.401. The summed E-state index contributed by atoms with van der Waals surface area (Å²) >= 11 is 0. The predicted octanol–water partition coefficient (Wildman–Crippen LogP) is 5.58. The molecule has 0 radical (unpaired) electrons. The van der Waals surface area contributed by atoms with E-state index in [0.29, 0.717) is 5.56 Å². The van der Waals surface area contributed by atoms with Gasteiger partial charge >= 0.3 is 0 Å². The molecule has 1 aliphatic carbocycles. The summed E-state index contributed by atoms with van der Waals surface area (Å²) in [6.07, 6.45) is 1.76. The van der Waals surface area contributed by atoms with Crippen molar-refractivity contribution in [1.82, 2.24) is 4.57 Å². The highest BCUT2D eigenvalue weighted by atomic mass is 16.2. The second-order valence-corrected chi connectivity index (χ2v) is 10.3. The number of nitrogens with zero attached hydrogens (tertiary/aromatic N) is 3. The van der Waals surface area contributed by atoms with E-state index in [-0.39, 0.29) is 17.1 Å². The van der Waals surface area contributed by atoms with Crippen LogP contribution in [-0.4, -0.2) is 33.5 Å². The molecule has 5 heteroatoms. The van der Waals surface area contributed by atoms with E-state index in [1.54, 1.807) is 12.1 Å². The van der Waals surface area contributed by atoms with Crippen LogP contribution in [0.15, 0.2) is 84.4 Å². The molecule has 2 heterocycles. The molecular formula is C32H26N3O2+. The first-order valence-corrected chi connectivity index (χ1v) is 12.3. The molecule has 0 unspecified atom stereocenters. The lowest BCUT2D eigenvalue weighted by atomic mass is 9.70. The van der Waals surface area contributed by atoms with Crippen LogP contribution >= 0.6 is 0 Å². The minimum atomic E-state index is -0.824. The molecule has 0 N–H and O–H groups in total. The molecule has 1 saturated carbocycles. The molecule has 2 aliphatic rings. The molecule has 180 valence electrons. The van der Waals surface area contributed by atoms with Crippen LogP contribution in [0, 0.1) is 11.3 Å². The van der Waals surface area contributed by atoms with Crippen LogP contribution in [0.4, 0.5) is 5.69 Å². The Morgan fingerprint density at radius 2 is 1.65 bits per heavy atom. The first-order valence-electron chi connectivity index (χ1n) is 12.3. The number of fused-ring (bicyclic) bond motifs is 2. The minimum Gasteiger partial charge on any atom is -0.343 e. The maximum absolute atomic E-state index is 13.7. The molecule has 1 fully saturated rings. The van der Waals surface area contributed by atoms with Gasteiger partial charge in [0.15, 0.2) is 17.3 Å². The van der Waals surface area contributed by atoms with Crippen molar-refractivity contribution in [2.24, 2.45) is 7.05 Å². The largest absolute Gasteiger partial charge is 0.343 e. The Kier molecular flexibility index (Phi) is 4.93. The number of hydrogen-bond acceptors (Lipinski definition) is 3. The van der Waals surface area contributed by atoms with Crippen molar-refractivity contribution in [1.29, 1.82) is 5.26 Å². The van der Waals surface area contributed by atoms with Gasteiger partial charge in [0.05, 0.1) is 28.3 Å². The van der Waals surface area contributed by atoms with Crippen molar-refractivity contribution in [3.05, 3.63) is 101 Å². The molecular weight excluding hydrogens is 458 g/mol. The number of aromatic nitrogens is 1. The summed E-state index contributed by atoms with van der Waals surface area (Å²) < 4.78 is 4.10. The van der Waals surface area contributed by atoms with Crippen LogP contribution in [0.5, 0.6) is 0 Å². The fraction of sp³-hybridized carbons (Fsp3) is 0.188. The topological polar surface area (TPSA) is 65.9 Å². The second kappa shape index (κ2) is 7.97. The zero-order valence-corrected chi connectivity index (χ0v) is 21.2. The highest BCUT2D eigenvalue weighted by Gasteiger charge is 2.50. The lowest BCUT2D eigenvalue weighted by Gasteiger charge is -2.27. The fourth-order valence-corrected chi connectivity index (χ4v) is 6.04. The Bertz CT molecular complexity index is 1740. The van der Waals surface area contributed by atoms with E-state index in [1.807, 2.05) is 85.4 Å². The van der Waals surface area contributed by atoms with Gasteiger partial charge in [0, 0.05) is 41.2 Å². The van der Waals surface area contributed by atoms with Crippen molar-refractivity contribution >= 4 is 33.9 Å². The number of aryl methyl sites for hydroxylation is 1. The Morgan fingerprint density at radius 1 is 0.973 bits per heavy atom. The molecule has 0 amide bonds. The van der Waals surface area contributed by atoms with Gasteiger partial charge < -0.3 is 4.57 Å². The summed E-state index contributed by atoms with van der Waals surface area (Å²) in [5.74, 6) is -1.12. The van der Waals surface area contributed by atoms with Gasteiger partial charge in [-0.3, -0.25) is 9.59 Å². The predicted molar refractivity (Wildman–Crippen MR) is 144 cm³/mol. The van der Waals surface area contributed by atoms with E-state index < -0.39 is 11.3 Å². The molecule has 1 aliphatic heterocycles. The number of carbonyl (C=O) groups excluding carboxylic acids is 2. The molecule has 4 aromatic rings. The smallest absolute Gasteiger partial charge is 0.209 e. The van der Waals surface area contributed by atoms with Crippen molar-refractivity contribution in [3.8, 4) is 17.3 Å². The Morgan fingerprint density at radius 3 is 2.35 bits per heavy atom. The zero-order chi connectivity index (χ0) is 26.1. The van der Waals surface area contributed by atoms with Gasteiger partial charge in [-0.05, 0) is 37.6 Å². The number of nitriles is 1. The van der Waals surface area contributed by atoms with Gasteiger partial charge in [-0.15, -0.1) is 0 Å². The Balaban J connectivity index is 1.46. The highest BCUT2D eigenvalue weighted by Crippen LogP contribution is 2.46. The second-order valence-electron chi connectivity index (χ2n) is 10.3. The van der Waals surface area contributed by atoms with Gasteiger partial charge in [-0.1, -0.05) is 48.5 Å². The van der Waals surface area contributed by atoms with Crippen molar-refractivity contribution in [2.45, 2.75) is 25.2 Å². The monoisotopic (exact) mass is 484 g/mol. The quantitative estimate of drug-likeness (QED) is 0.165. The molecule has 1 aromatic heterocycles. The SMILES string of the molecule is Cn1c(-c2ccccc2)c(C2C(=O)C(=CC3=[N+](C)c4ccc(C#N)cc4C3(C)C)C2=O)c2ccccc21. The van der Waals surface area contributed by atoms with Gasteiger partial charge in [0.25, 0.3) is 0 Å². The third-order valence-corrected chi connectivity index (χ3v) is 7.98. The zero-order valence-electron chi connectivity index (χ0n) is 21.2. The minimum absolute atomic E-state index is 0.149. The molecule has 3 aromatic carbocycles. The van der Waals surface area contributed by atoms with Crippen LogP contribution in [0.3, 0.4) is 0 Å². The van der Waals surface area contributed by atoms with E-state index >= 15 is 0 Å². The summed E-state index contributed by atoms with van der Waals surface area (Å²) in [5, 5.41) is 10.3. The van der Waals surface area contributed by atoms with Crippen LogP contribution < -0.4 is 0 Å². The maximum Gasteiger partial charge on any atom is 0.209 e. The average Bonchev–Trinajstić information content (AvgIpc) is 3.30. The fourth-order valence-electron chi connectivity index (χ4n) is 6.04. The summed E-state index contributed by atoms with van der Waals surface area (Å²) in [7, 11) is 3.92. The van der Waals surface area contributed by atoms with Crippen LogP contribution in [0.25, 0.3) is 22.2 Å². The number of para-hydroxylation sites is 1. The van der Waals surface area contributed by atoms with Gasteiger partial charge in [0.2, 0.25) is 5.69 Å². The maximum atomic E-state index is 13.7. The van der Waals surface area contributed by atoms with Gasteiger partial charge in [0.1, 0.15) is 13.0 Å². The number of benzene rings is 3. The number of ketones is 2. The van der Waals surface area contributed by atoms with E-state index in [2.05, 4.69) is 24.5 Å². The third-order valence-electron chi connectivity index (χ3n) is 7.98. The van der Waals surface area contributed by atoms with Crippen molar-refractivity contribution in [2.75, 3.05) is 7.05 Å². The Hall–Kier alpha value is -4.56. The molecule has 0 bridgehead atoms. The molecule has 37 heavy (non-hydrogen) atoms. The number of rotatable bonds is 3. The third kappa shape index (κ3) is 3.12. The number of hydrogen-bond donors (Lipinski definition) is 0. The van der Waals surface area contributed by atoms with E-state index in [1.165, 1.54) is 0 Å². The summed E-state index contributed by atoms with van der Waals surface area (Å²) in [6.45, 7) is 4.12. The number of allylic oxidation sites excluding steroid dienone is 2. The van der Waals surface area contributed by atoms with E-state index in [4.69, 9.17) is 0 Å². The number of carbonyl (C=O) groups is 2.